The molecule has 27 heavy (non-hydrogen) atoms. The van der Waals surface area contributed by atoms with Gasteiger partial charge >= 0.3 is 6.18 Å². The van der Waals surface area contributed by atoms with Gasteiger partial charge < -0.3 is 5.32 Å². The van der Waals surface area contributed by atoms with Gasteiger partial charge in [-0.15, -0.1) is 11.3 Å². The molecule has 140 valence electrons. The molecule has 0 aliphatic carbocycles. The topological polar surface area (TPSA) is 42.0 Å². The molecular formula is C20H17F3N2OS. The highest BCUT2D eigenvalue weighted by Gasteiger charge is 2.34. The van der Waals surface area contributed by atoms with Crippen molar-refractivity contribution in [3.05, 3.63) is 75.6 Å². The van der Waals surface area contributed by atoms with E-state index in [-0.39, 0.29) is 12.1 Å². The maximum atomic E-state index is 13.0. The number of benzene rings is 2. The first-order valence-electron chi connectivity index (χ1n) is 8.30. The Hall–Kier alpha value is -2.67. The van der Waals surface area contributed by atoms with Crippen molar-refractivity contribution < 1.29 is 18.0 Å². The molecule has 3 rings (SSSR count). The van der Waals surface area contributed by atoms with E-state index in [0.29, 0.717) is 6.42 Å². The van der Waals surface area contributed by atoms with Crippen molar-refractivity contribution in [2.45, 2.75) is 19.5 Å². The van der Waals surface area contributed by atoms with E-state index in [9.17, 15) is 18.0 Å². The first kappa shape index (κ1) is 19.1. The summed E-state index contributed by atoms with van der Waals surface area (Å²) in [5.41, 5.74) is 1.62. The van der Waals surface area contributed by atoms with E-state index in [1.54, 1.807) is 11.3 Å². The van der Waals surface area contributed by atoms with Gasteiger partial charge in [0.2, 0.25) is 0 Å². The fourth-order valence-corrected chi connectivity index (χ4v) is 3.30. The lowest BCUT2D eigenvalue weighted by atomic mass is 10.1. The van der Waals surface area contributed by atoms with Gasteiger partial charge in [-0.1, -0.05) is 36.4 Å². The molecule has 3 nitrogen and oxygen atoms in total. The van der Waals surface area contributed by atoms with Gasteiger partial charge in [0.15, 0.2) is 0 Å². The molecule has 1 amide bonds. The van der Waals surface area contributed by atoms with Crippen LogP contribution in [-0.4, -0.2) is 17.4 Å². The molecule has 1 aromatic heterocycles. The molecule has 7 heteroatoms. The van der Waals surface area contributed by atoms with E-state index in [1.165, 1.54) is 18.2 Å². The van der Waals surface area contributed by atoms with Crippen LogP contribution in [0.1, 0.15) is 26.5 Å². The first-order chi connectivity index (χ1) is 12.8. The molecule has 3 aromatic rings. The molecule has 0 bridgehead atoms. The normalized spacial score (nSPS) is 11.4. The lowest BCUT2D eigenvalue weighted by Gasteiger charge is -2.12. The Labute approximate surface area is 158 Å². The fraction of sp³-hybridized carbons (Fsp3) is 0.200. The summed E-state index contributed by atoms with van der Waals surface area (Å²) in [5.74, 6) is -0.725. The summed E-state index contributed by atoms with van der Waals surface area (Å²) >= 11 is 1.58. The molecule has 0 saturated carbocycles. The average molecular weight is 390 g/mol. The van der Waals surface area contributed by atoms with Gasteiger partial charge in [0, 0.05) is 17.5 Å². The Morgan fingerprint density at radius 2 is 1.81 bits per heavy atom. The van der Waals surface area contributed by atoms with Crippen LogP contribution in [0.25, 0.3) is 11.3 Å². The average Bonchev–Trinajstić information content (AvgIpc) is 3.08. The van der Waals surface area contributed by atoms with E-state index < -0.39 is 17.6 Å². The number of carbonyl (C=O) groups is 1. The van der Waals surface area contributed by atoms with Crippen LogP contribution >= 0.6 is 11.3 Å². The SMILES string of the molecule is Cc1nc(-c2ccc(CCNC(=O)c3ccccc3C(F)(F)F)cc2)cs1. The fourth-order valence-electron chi connectivity index (χ4n) is 2.68. The summed E-state index contributed by atoms with van der Waals surface area (Å²) in [7, 11) is 0. The molecule has 1 heterocycles. The molecule has 0 atom stereocenters. The number of hydrogen-bond acceptors (Lipinski definition) is 3. The van der Waals surface area contributed by atoms with Crippen LogP contribution < -0.4 is 5.32 Å². The monoisotopic (exact) mass is 390 g/mol. The number of thiazole rings is 1. The van der Waals surface area contributed by atoms with Crippen molar-refractivity contribution in [3.8, 4) is 11.3 Å². The lowest BCUT2D eigenvalue weighted by Crippen LogP contribution is -2.28. The Morgan fingerprint density at radius 1 is 1.11 bits per heavy atom. The van der Waals surface area contributed by atoms with Gasteiger partial charge in [-0.25, -0.2) is 4.98 Å². The maximum Gasteiger partial charge on any atom is 0.417 e. The van der Waals surface area contributed by atoms with Gasteiger partial charge in [-0.05, 0) is 31.0 Å². The number of nitrogens with zero attached hydrogens (tertiary/aromatic N) is 1. The van der Waals surface area contributed by atoms with E-state index in [4.69, 9.17) is 0 Å². The summed E-state index contributed by atoms with van der Waals surface area (Å²) in [5, 5.41) is 5.54. The van der Waals surface area contributed by atoms with E-state index in [2.05, 4.69) is 10.3 Å². The number of hydrogen-bond donors (Lipinski definition) is 1. The summed E-state index contributed by atoms with van der Waals surface area (Å²) < 4.78 is 39.0. The second-order valence-corrected chi connectivity index (χ2v) is 7.06. The van der Waals surface area contributed by atoms with Crippen LogP contribution in [0.15, 0.2) is 53.9 Å². The molecule has 0 radical (unpaired) electrons. The van der Waals surface area contributed by atoms with Gasteiger partial charge in [-0.3, -0.25) is 4.79 Å². The minimum atomic E-state index is -4.56. The number of alkyl halides is 3. The van der Waals surface area contributed by atoms with Crippen molar-refractivity contribution in [3.63, 3.8) is 0 Å². The number of nitrogens with one attached hydrogen (secondary N) is 1. The predicted molar refractivity (Wildman–Crippen MR) is 99.8 cm³/mol. The van der Waals surface area contributed by atoms with Crippen molar-refractivity contribution >= 4 is 17.2 Å². The molecule has 0 unspecified atom stereocenters. The third kappa shape index (κ3) is 4.74. The number of carbonyl (C=O) groups excluding carboxylic acids is 1. The highest BCUT2D eigenvalue weighted by atomic mass is 32.1. The third-order valence-electron chi connectivity index (χ3n) is 4.05. The van der Waals surface area contributed by atoms with Crippen LogP contribution in [0, 0.1) is 6.92 Å². The highest BCUT2D eigenvalue weighted by Crippen LogP contribution is 2.31. The standard InChI is InChI=1S/C20H17F3N2OS/c1-13-25-18(12-27-13)15-8-6-14(7-9-15)10-11-24-19(26)16-4-2-3-5-17(16)20(21,22)23/h2-9,12H,10-11H2,1H3,(H,24,26). The van der Waals surface area contributed by atoms with Crippen molar-refractivity contribution in [1.82, 2.24) is 10.3 Å². The molecular weight excluding hydrogens is 373 g/mol. The van der Waals surface area contributed by atoms with Crippen molar-refractivity contribution in [2.24, 2.45) is 0 Å². The minimum absolute atomic E-state index is 0.250. The van der Waals surface area contributed by atoms with E-state index in [1.807, 2.05) is 36.6 Å². The van der Waals surface area contributed by atoms with E-state index >= 15 is 0 Å². The molecule has 0 fully saturated rings. The second kappa shape index (κ2) is 7.92. The molecule has 1 N–H and O–H groups in total. The number of aromatic nitrogens is 1. The summed E-state index contributed by atoms with van der Waals surface area (Å²) in [6, 6.07) is 12.5. The maximum absolute atomic E-state index is 13.0. The third-order valence-corrected chi connectivity index (χ3v) is 4.82. The van der Waals surface area contributed by atoms with Gasteiger partial charge in [0.1, 0.15) is 0 Å². The molecule has 0 spiro atoms. The molecule has 0 aliphatic heterocycles. The van der Waals surface area contributed by atoms with Crippen molar-refractivity contribution in [1.29, 1.82) is 0 Å². The predicted octanol–water partition coefficient (Wildman–Crippen LogP) is 5.11. The number of halogens is 3. The Bertz CT molecular complexity index is 933. The number of aryl methyl sites for hydroxylation is 1. The van der Waals surface area contributed by atoms with Crippen LogP contribution in [0.2, 0.25) is 0 Å². The van der Waals surface area contributed by atoms with Crippen LogP contribution in [0.5, 0.6) is 0 Å². The van der Waals surface area contributed by atoms with Crippen LogP contribution in [0.3, 0.4) is 0 Å². The van der Waals surface area contributed by atoms with Crippen LogP contribution in [-0.2, 0) is 12.6 Å². The first-order valence-corrected chi connectivity index (χ1v) is 9.18. The van der Waals surface area contributed by atoms with E-state index in [0.717, 1.165) is 27.9 Å². The van der Waals surface area contributed by atoms with Crippen molar-refractivity contribution in [2.75, 3.05) is 6.54 Å². The largest absolute Gasteiger partial charge is 0.417 e. The zero-order valence-corrected chi connectivity index (χ0v) is 15.3. The van der Waals surface area contributed by atoms with Gasteiger partial charge in [0.05, 0.1) is 21.8 Å². The molecule has 2 aromatic carbocycles. The van der Waals surface area contributed by atoms with Gasteiger partial charge in [-0.2, -0.15) is 13.2 Å². The Balaban J connectivity index is 1.59. The minimum Gasteiger partial charge on any atom is -0.352 e. The quantitative estimate of drug-likeness (QED) is 0.658. The number of rotatable bonds is 5. The highest BCUT2D eigenvalue weighted by molar-refractivity contribution is 7.09. The molecule has 0 aliphatic rings. The Kier molecular flexibility index (Phi) is 5.60. The van der Waals surface area contributed by atoms with Gasteiger partial charge in [0.25, 0.3) is 5.91 Å². The Morgan fingerprint density at radius 3 is 2.44 bits per heavy atom. The lowest BCUT2D eigenvalue weighted by molar-refractivity contribution is -0.137. The zero-order chi connectivity index (χ0) is 19.4. The molecule has 0 saturated heterocycles. The second-order valence-electron chi connectivity index (χ2n) is 6.00. The zero-order valence-electron chi connectivity index (χ0n) is 14.5. The smallest absolute Gasteiger partial charge is 0.352 e. The summed E-state index contributed by atoms with van der Waals surface area (Å²) in [4.78, 5) is 16.6. The summed E-state index contributed by atoms with van der Waals surface area (Å²) in [6.07, 6.45) is -4.03. The number of amides is 1. The van der Waals surface area contributed by atoms with Crippen LogP contribution in [0.4, 0.5) is 13.2 Å². The summed E-state index contributed by atoms with van der Waals surface area (Å²) in [6.45, 7) is 2.20.